The minimum Gasteiger partial charge on any atom is -0.382 e. The maximum Gasteiger partial charge on any atom is 0.259 e. The van der Waals surface area contributed by atoms with E-state index in [0.29, 0.717) is 17.2 Å². The zero-order valence-corrected chi connectivity index (χ0v) is 19.3. The fourth-order valence-electron chi connectivity index (χ4n) is 4.14. The number of aryl methyl sites for hydroxylation is 1. The summed E-state index contributed by atoms with van der Waals surface area (Å²) >= 11 is 0. The topological polar surface area (TPSA) is 67.4 Å². The first-order chi connectivity index (χ1) is 15.6. The lowest BCUT2D eigenvalue weighted by Gasteiger charge is -2.24. The van der Waals surface area contributed by atoms with Crippen LogP contribution in [-0.2, 0) is 14.3 Å². The largest absolute Gasteiger partial charge is 0.382 e. The van der Waals surface area contributed by atoms with Gasteiger partial charge in [-0.25, -0.2) is 0 Å². The molecular weight excluding hydrogens is 400 g/mol. The first kappa shape index (κ1) is 23.5. The van der Waals surface area contributed by atoms with Crippen LogP contribution in [0, 0.1) is 6.92 Å². The van der Waals surface area contributed by atoms with Gasteiger partial charge in [0.05, 0.1) is 11.1 Å². The van der Waals surface area contributed by atoms with Crippen molar-refractivity contribution in [3.63, 3.8) is 0 Å². The Morgan fingerprint density at radius 2 is 1.78 bits per heavy atom. The summed E-state index contributed by atoms with van der Waals surface area (Å²) in [5.74, 6) is -0.708. The molecule has 2 aliphatic rings. The van der Waals surface area contributed by atoms with Crippen molar-refractivity contribution in [1.82, 2.24) is 5.32 Å². The zero-order valence-electron chi connectivity index (χ0n) is 19.3. The summed E-state index contributed by atoms with van der Waals surface area (Å²) in [5.41, 5.74) is 5.31. The molecule has 0 unspecified atom stereocenters. The van der Waals surface area contributed by atoms with Crippen molar-refractivity contribution in [2.24, 2.45) is 0 Å². The van der Waals surface area contributed by atoms with Crippen LogP contribution in [-0.4, -0.2) is 31.1 Å². The molecule has 1 fully saturated rings. The molecular formula is C27H36N2O3. The van der Waals surface area contributed by atoms with E-state index in [9.17, 15) is 9.59 Å². The van der Waals surface area contributed by atoms with Gasteiger partial charge >= 0.3 is 0 Å². The van der Waals surface area contributed by atoms with E-state index in [1.165, 1.54) is 0 Å². The molecule has 32 heavy (non-hydrogen) atoms. The number of allylic oxidation sites excluding steroid dienone is 1. The third-order valence-electron chi connectivity index (χ3n) is 5.67. The molecule has 0 spiro atoms. The van der Waals surface area contributed by atoms with Crippen LogP contribution in [0.1, 0.15) is 53.2 Å². The highest BCUT2D eigenvalue weighted by Gasteiger charge is 2.34. The smallest absolute Gasteiger partial charge is 0.259 e. The van der Waals surface area contributed by atoms with Crippen LogP contribution >= 0.6 is 0 Å². The molecule has 2 aromatic rings. The molecule has 0 aromatic heterocycles. The highest BCUT2D eigenvalue weighted by atomic mass is 16.5. The average Bonchev–Trinajstić information content (AvgIpc) is 3.11. The first-order valence-electron chi connectivity index (χ1n) is 11.4. The molecule has 0 atom stereocenters. The highest BCUT2D eigenvalue weighted by Crippen LogP contribution is 2.36. The third-order valence-corrected chi connectivity index (χ3v) is 5.67. The van der Waals surface area contributed by atoms with E-state index in [-0.39, 0.29) is 14.7 Å². The van der Waals surface area contributed by atoms with Gasteiger partial charge in [-0.1, -0.05) is 56.3 Å². The lowest BCUT2D eigenvalue weighted by molar-refractivity contribution is -0.123. The summed E-state index contributed by atoms with van der Waals surface area (Å²) < 4.78 is 5.43. The fraction of sp³-hybridized carbons (Fsp3) is 0.333. The number of benzene rings is 2. The number of nitrogens with one attached hydrogen (secondary N) is 2. The Hall–Kier alpha value is -3.18. The highest BCUT2D eigenvalue weighted by molar-refractivity contribution is 6.40. The number of carbonyl (C=O) groups excluding carboxylic acids is 2. The second kappa shape index (κ2) is 10.9. The molecule has 1 saturated heterocycles. The molecule has 0 bridgehead atoms. The van der Waals surface area contributed by atoms with Crippen molar-refractivity contribution in [3.05, 3.63) is 76.9 Å². The van der Waals surface area contributed by atoms with E-state index >= 15 is 0 Å². The SMILES string of the molecule is C/C=C(/C1=C(c2cccc(NC3CCOCC3)c2)C(=O)NC1=O)c1ccccc1C.CC.[HH].[HH]. The monoisotopic (exact) mass is 436 g/mol. The molecule has 2 N–H and O–H groups in total. The van der Waals surface area contributed by atoms with Gasteiger partial charge in [-0.05, 0) is 61.1 Å². The van der Waals surface area contributed by atoms with Gasteiger partial charge in [-0.15, -0.1) is 0 Å². The van der Waals surface area contributed by atoms with E-state index in [4.69, 9.17) is 4.74 Å². The lowest BCUT2D eigenvalue weighted by Crippen LogP contribution is -2.27. The zero-order chi connectivity index (χ0) is 23.1. The van der Waals surface area contributed by atoms with Crippen molar-refractivity contribution >= 4 is 28.6 Å². The van der Waals surface area contributed by atoms with Crippen molar-refractivity contribution in [3.8, 4) is 0 Å². The van der Waals surface area contributed by atoms with Crippen molar-refractivity contribution < 1.29 is 17.2 Å². The molecule has 0 aliphatic carbocycles. The molecule has 2 amide bonds. The number of carbonyl (C=O) groups is 2. The minimum atomic E-state index is -0.355. The summed E-state index contributed by atoms with van der Waals surface area (Å²) in [5, 5.41) is 6.03. The van der Waals surface area contributed by atoms with Gasteiger partial charge in [0.1, 0.15) is 0 Å². The molecule has 0 saturated carbocycles. The molecule has 2 aliphatic heterocycles. The van der Waals surface area contributed by atoms with Crippen LogP contribution in [0.25, 0.3) is 11.1 Å². The quantitative estimate of drug-likeness (QED) is 0.597. The molecule has 5 nitrogen and oxygen atoms in total. The second-order valence-electron chi connectivity index (χ2n) is 7.66. The lowest BCUT2D eigenvalue weighted by atomic mass is 9.89. The van der Waals surface area contributed by atoms with Gasteiger partial charge in [0.2, 0.25) is 0 Å². The Labute approximate surface area is 193 Å². The average molecular weight is 437 g/mol. The van der Waals surface area contributed by atoms with Crippen molar-refractivity contribution in [1.29, 1.82) is 0 Å². The maximum atomic E-state index is 12.8. The Kier molecular flexibility index (Phi) is 8.01. The summed E-state index contributed by atoms with van der Waals surface area (Å²) in [6.45, 7) is 9.41. The van der Waals surface area contributed by atoms with Crippen LogP contribution in [0.4, 0.5) is 5.69 Å². The molecule has 0 radical (unpaired) electrons. The van der Waals surface area contributed by atoms with E-state index in [1.807, 2.05) is 82.3 Å². The van der Waals surface area contributed by atoms with Gasteiger partial charge in [0.15, 0.2) is 0 Å². The Morgan fingerprint density at radius 3 is 2.47 bits per heavy atom. The molecule has 2 aromatic carbocycles. The van der Waals surface area contributed by atoms with Crippen LogP contribution in [0.5, 0.6) is 0 Å². The first-order valence-corrected chi connectivity index (χ1v) is 11.4. The number of anilines is 1. The number of ether oxygens (including phenoxy) is 1. The van der Waals surface area contributed by atoms with E-state index in [0.717, 1.165) is 54.0 Å². The molecule has 2 heterocycles. The van der Waals surface area contributed by atoms with Gasteiger partial charge < -0.3 is 10.1 Å². The second-order valence-corrected chi connectivity index (χ2v) is 7.66. The number of amides is 2. The third kappa shape index (κ3) is 5.00. The Bertz CT molecular complexity index is 1060. The predicted molar refractivity (Wildman–Crippen MR) is 134 cm³/mol. The van der Waals surface area contributed by atoms with E-state index in [2.05, 4.69) is 10.6 Å². The molecule has 172 valence electrons. The number of hydrogen-bond donors (Lipinski definition) is 2. The van der Waals surface area contributed by atoms with Crippen molar-refractivity contribution in [2.75, 3.05) is 18.5 Å². The van der Waals surface area contributed by atoms with Gasteiger partial charge in [0.25, 0.3) is 11.8 Å². The minimum absolute atomic E-state index is 0. The van der Waals surface area contributed by atoms with Crippen LogP contribution in [0.2, 0.25) is 0 Å². The predicted octanol–water partition coefficient (Wildman–Crippen LogP) is 5.62. The van der Waals surface area contributed by atoms with Crippen LogP contribution in [0.3, 0.4) is 0 Å². The Morgan fingerprint density at radius 1 is 1.06 bits per heavy atom. The van der Waals surface area contributed by atoms with Gasteiger partial charge in [0, 0.05) is 27.8 Å². The van der Waals surface area contributed by atoms with Crippen LogP contribution in [0.15, 0.2) is 60.2 Å². The van der Waals surface area contributed by atoms with Gasteiger partial charge in [-0.3, -0.25) is 14.9 Å². The van der Waals surface area contributed by atoms with Crippen LogP contribution < -0.4 is 10.6 Å². The number of hydrogen-bond acceptors (Lipinski definition) is 4. The Balaban J connectivity index is 0.00000141. The standard InChI is InChI=1S/C25H26N2O3.C2H6.2H2/c1-3-20(21-10-5-4-7-16(21)2)23-22(24(28)27-25(23)29)17-8-6-9-19(15-17)26-18-11-13-30-14-12-18;1-2;;/h3-10,15,18,26H,11-14H2,1-2H3,(H,27,28,29);1-2H3;2*1H/b20-3+;;;. The summed E-state index contributed by atoms with van der Waals surface area (Å²) in [6, 6.07) is 16.0. The number of rotatable bonds is 5. The van der Waals surface area contributed by atoms with E-state index in [1.54, 1.807) is 0 Å². The summed E-state index contributed by atoms with van der Waals surface area (Å²) in [4.78, 5) is 25.6. The molecule has 4 rings (SSSR count). The summed E-state index contributed by atoms with van der Waals surface area (Å²) in [7, 11) is 0. The summed E-state index contributed by atoms with van der Waals surface area (Å²) in [6.07, 6.45) is 3.81. The van der Waals surface area contributed by atoms with Crippen molar-refractivity contribution in [2.45, 2.75) is 46.6 Å². The normalized spacial score (nSPS) is 17.1. The van der Waals surface area contributed by atoms with Gasteiger partial charge in [-0.2, -0.15) is 0 Å². The molecule has 5 heteroatoms. The van der Waals surface area contributed by atoms with E-state index < -0.39 is 0 Å². The number of imide groups is 1. The maximum absolute atomic E-state index is 12.8. The fourth-order valence-corrected chi connectivity index (χ4v) is 4.14.